The number of nitrogens with two attached hydrogens (primary N) is 1. The van der Waals surface area contributed by atoms with Gasteiger partial charge in [0.2, 0.25) is 11.6 Å². The number of hydrogen-bond donors (Lipinski definition) is 2. The number of carbonyl (C=O) groups is 2. The minimum atomic E-state index is -0.715. The van der Waals surface area contributed by atoms with E-state index < -0.39 is 22.7 Å². The highest BCUT2D eigenvalue weighted by molar-refractivity contribution is 6.33. The molecule has 132 valence electrons. The molecule has 2 aromatic rings. The highest BCUT2D eigenvalue weighted by Crippen LogP contribution is 2.36. The number of nitrogens with one attached hydrogen (secondary N) is 1. The van der Waals surface area contributed by atoms with E-state index in [1.165, 1.54) is 6.07 Å². The van der Waals surface area contributed by atoms with Gasteiger partial charge in [-0.2, -0.15) is 10.5 Å². The molecule has 0 aromatic heterocycles. The summed E-state index contributed by atoms with van der Waals surface area (Å²) >= 11 is 0. The lowest BCUT2D eigenvalue weighted by Crippen LogP contribution is -2.23. The fraction of sp³-hybridized carbons (Fsp3) is 0.100. The molecule has 0 aliphatic heterocycles. The maximum atomic E-state index is 12.8. The molecule has 0 saturated heterocycles. The van der Waals surface area contributed by atoms with Crippen molar-refractivity contribution in [1.29, 1.82) is 10.5 Å². The molecule has 0 amide bonds. The fourth-order valence-electron chi connectivity index (χ4n) is 2.89. The molecule has 0 bridgehead atoms. The van der Waals surface area contributed by atoms with E-state index in [1.807, 2.05) is 43.3 Å². The van der Waals surface area contributed by atoms with Gasteiger partial charge in [0.25, 0.3) is 0 Å². The van der Waals surface area contributed by atoms with Gasteiger partial charge in [-0.25, -0.2) is 0 Å². The van der Waals surface area contributed by atoms with Crippen molar-refractivity contribution in [3.63, 3.8) is 0 Å². The van der Waals surface area contributed by atoms with Gasteiger partial charge in [-0.3, -0.25) is 9.59 Å². The summed E-state index contributed by atoms with van der Waals surface area (Å²) in [5, 5.41) is 21.5. The molecule has 27 heavy (non-hydrogen) atoms. The second-order valence-electron chi connectivity index (χ2n) is 6.15. The molecule has 0 saturated carbocycles. The molecule has 2 aromatic carbocycles. The molecule has 7 nitrogen and oxygen atoms in total. The molecule has 0 atom stereocenters. The van der Waals surface area contributed by atoms with Crippen LogP contribution in [0.15, 0.2) is 47.5 Å². The average molecular weight is 357 g/mol. The van der Waals surface area contributed by atoms with Crippen LogP contribution in [-0.2, 0) is 0 Å². The Morgan fingerprint density at radius 2 is 1.44 bits per heavy atom. The minimum Gasteiger partial charge on any atom is -0.398 e. The summed E-state index contributed by atoms with van der Waals surface area (Å²) in [5.74, 6) is -1.41. The minimum absolute atomic E-state index is 0.00670. The van der Waals surface area contributed by atoms with Gasteiger partial charge >= 0.3 is 0 Å². The molecule has 1 aliphatic carbocycles. The van der Waals surface area contributed by atoms with Crippen molar-refractivity contribution in [2.45, 2.75) is 0 Å². The van der Waals surface area contributed by atoms with E-state index in [4.69, 9.17) is 5.73 Å². The Bertz CT molecular complexity index is 1080. The smallest absolute Gasteiger partial charge is 0.207 e. The number of nitrogens with zero attached hydrogens (tertiary/aromatic N) is 3. The number of fused-ring (bicyclic) bond motifs is 1. The third kappa shape index (κ3) is 2.88. The number of hydrogen-bond acceptors (Lipinski definition) is 7. The summed E-state index contributed by atoms with van der Waals surface area (Å²) < 4.78 is 0. The first-order valence-corrected chi connectivity index (χ1v) is 7.99. The largest absolute Gasteiger partial charge is 0.398 e. The fourth-order valence-corrected chi connectivity index (χ4v) is 2.89. The first-order valence-electron chi connectivity index (χ1n) is 7.99. The highest BCUT2D eigenvalue weighted by Gasteiger charge is 2.36. The number of nitrogen functional groups attached to an aromatic ring is 1. The molecule has 0 spiro atoms. The van der Waals surface area contributed by atoms with Gasteiger partial charge in [-0.15, -0.1) is 0 Å². The standard InChI is InChI=1S/C20H15N5O2/c1-25(2)12-5-3-11(4-6-12)24-16-8-7-15(23)17-18(16)20(27)14(10-22)13(9-21)19(17)26/h3-8,24H,23H2,1-2H3. The number of nitriles is 2. The third-order valence-corrected chi connectivity index (χ3v) is 4.28. The van der Waals surface area contributed by atoms with E-state index in [0.717, 1.165) is 5.69 Å². The Morgan fingerprint density at radius 3 is 1.96 bits per heavy atom. The van der Waals surface area contributed by atoms with Gasteiger partial charge in [0.15, 0.2) is 0 Å². The van der Waals surface area contributed by atoms with Crippen LogP contribution in [0.4, 0.5) is 22.7 Å². The molecule has 0 radical (unpaired) electrons. The van der Waals surface area contributed by atoms with Crippen LogP contribution in [0.1, 0.15) is 20.7 Å². The average Bonchev–Trinajstić information content (AvgIpc) is 2.66. The van der Waals surface area contributed by atoms with Gasteiger partial charge < -0.3 is 16.0 Å². The summed E-state index contributed by atoms with van der Waals surface area (Å²) in [6.07, 6.45) is 0. The Balaban J connectivity index is 2.12. The van der Waals surface area contributed by atoms with E-state index in [0.29, 0.717) is 11.4 Å². The summed E-state index contributed by atoms with van der Waals surface area (Å²) in [6, 6.07) is 13.8. The lowest BCUT2D eigenvalue weighted by atomic mass is 9.83. The molecule has 3 N–H and O–H groups in total. The SMILES string of the molecule is CN(C)c1ccc(Nc2ccc(N)c3c2C(=O)C(C#N)=C(C#N)C3=O)cc1. The van der Waals surface area contributed by atoms with Crippen molar-refractivity contribution < 1.29 is 9.59 Å². The van der Waals surface area contributed by atoms with E-state index in [-0.39, 0.29) is 16.8 Å². The Morgan fingerprint density at radius 1 is 0.889 bits per heavy atom. The van der Waals surface area contributed by atoms with Crippen LogP contribution in [0.25, 0.3) is 0 Å². The van der Waals surface area contributed by atoms with Crippen molar-refractivity contribution in [3.05, 3.63) is 58.7 Å². The Kier molecular flexibility index (Phi) is 4.37. The highest BCUT2D eigenvalue weighted by atomic mass is 16.1. The number of Topliss-reactive ketones (excluding diaryl/α,β-unsaturated/α-hetero) is 2. The lowest BCUT2D eigenvalue weighted by Gasteiger charge is -2.20. The van der Waals surface area contributed by atoms with Crippen LogP contribution < -0.4 is 16.0 Å². The normalized spacial score (nSPS) is 12.9. The quantitative estimate of drug-likeness (QED) is 0.810. The zero-order chi connectivity index (χ0) is 19.7. The van der Waals surface area contributed by atoms with Crippen LogP contribution in [0.2, 0.25) is 0 Å². The molecule has 1 aliphatic rings. The van der Waals surface area contributed by atoms with Crippen LogP contribution in [0, 0.1) is 22.7 Å². The van der Waals surface area contributed by atoms with E-state index in [1.54, 1.807) is 18.2 Å². The first-order chi connectivity index (χ1) is 12.9. The summed E-state index contributed by atoms with van der Waals surface area (Å²) in [5.41, 5.74) is 7.03. The number of rotatable bonds is 3. The van der Waals surface area contributed by atoms with Crippen molar-refractivity contribution in [3.8, 4) is 12.1 Å². The van der Waals surface area contributed by atoms with E-state index in [9.17, 15) is 20.1 Å². The summed E-state index contributed by atoms with van der Waals surface area (Å²) in [7, 11) is 3.84. The predicted octanol–water partition coefficient (Wildman–Crippen LogP) is 2.80. The lowest BCUT2D eigenvalue weighted by molar-refractivity contribution is 0.0983. The van der Waals surface area contributed by atoms with E-state index >= 15 is 0 Å². The van der Waals surface area contributed by atoms with Crippen LogP contribution in [0.3, 0.4) is 0 Å². The zero-order valence-electron chi connectivity index (χ0n) is 14.7. The van der Waals surface area contributed by atoms with Crippen LogP contribution in [0.5, 0.6) is 0 Å². The second kappa shape index (κ2) is 6.66. The van der Waals surface area contributed by atoms with Gasteiger partial charge in [-0.1, -0.05) is 0 Å². The zero-order valence-corrected chi connectivity index (χ0v) is 14.7. The van der Waals surface area contributed by atoms with Crippen molar-refractivity contribution in [2.24, 2.45) is 0 Å². The number of carbonyl (C=O) groups excluding carboxylic acids is 2. The third-order valence-electron chi connectivity index (χ3n) is 4.28. The Hall–Kier alpha value is -4.10. The summed E-state index contributed by atoms with van der Waals surface area (Å²) in [4.78, 5) is 27.3. The number of anilines is 4. The number of benzene rings is 2. The van der Waals surface area contributed by atoms with Crippen molar-refractivity contribution in [1.82, 2.24) is 0 Å². The Labute approximate surface area is 155 Å². The molecule has 3 rings (SSSR count). The van der Waals surface area contributed by atoms with Crippen LogP contribution >= 0.6 is 0 Å². The predicted molar refractivity (Wildman–Crippen MR) is 102 cm³/mol. The number of allylic oxidation sites excluding steroid dienone is 2. The molecule has 0 fully saturated rings. The van der Waals surface area contributed by atoms with Gasteiger partial charge in [-0.05, 0) is 36.4 Å². The van der Waals surface area contributed by atoms with Crippen LogP contribution in [-0.4, -0.2) is 25.7 Å². The monoisotopic (exact) mass is 357 g/mol. The maximum Gasteiger partial charge on any atom is 0.207 e. The molecule has 0 heterocycles. The molecule has 0 unspecified atom stereocenters. The number of ketones is 2. The topological polar surface area (TPSA) is 123 Å². The summed E-state index contributed by atoms with van der Waals surface area (Å²) in [6.45, 7) is 0. The van der Waals surface area contributed by atoms with Crippen molar-refractivity contribution >= 4 is 34.3 Å². The van der Waals surface area contributed by atoms with Gasteiger partial charge in [0.05, 0.1) is 16.8 Å². The maximum absolute atomic E-state index is 12.8. The van der Waals surface area contributed by atoms with Gasteiger partial charge in [0, 0.05) is 31.2 Å². The van der Waals surface area contributed by atoms with E-state index in [2.05, 4.69) is 5.32 Å². The first kappa shape index (κ1) is 17.7. The molecule has 7 heteroatoms. The van der Waals surface area contributed by atoms with Gasteiger partial charge in [0.1, 0.15) is 23.3 Å². The molecular weight excluding hydrogens is 342 g/mol. The second-order valence-corrected chi connectivity index (χ2v) is 6.15. The molecular formula is C20H15N5O2. The van der Waals surface area contributed by atoms with Crippen molar-refractivity contribution in [2.75, 3.05) is 30.0 Å².